The highest BCUT2D eigenvalue weighted by Crippen LogP contribution is 2.32. The Morgan fingerprint density at radius 1 is 1.44 bits per heavy atom. The van der Waals surface area contributed by atoms with Gasteiger partial charge >= 0.3 is 0 Å². The van der Waals surface area contributed by atoms with Crippen LogP contribution in [0.15, 0.2) is 18.3 Å². The quantitative estimate of drug-likeness (QED) is 0.810. The first-order valence-electron chi connectivity index (χ1n) is 5.11. The summed E-state index contributed by atoms with van der Waals surface area (Å²) < 4.78 is 0. The van der Waals surface area contributed by atoms with Crippen molar-refractivity contribution in [2.24, 2.45) is 0 Å². The third-order valence-electron chi connectivity index (χ3n) is 2.21. The van der Waals surface area contributed by atoms with Gasteiger partial charge in [0.25, 0.3) is 0 Å². The van der Waals surface area contributed by atoms with Gasteiger partial charge in [0.1, 0.15) is 10.0 Å². The number of aryl methyl sites for hydroxylation is 1. The minimum absolute atomic E-state index is 0.307. The number of nitrogens with zero attached hydrogens (tertiary/aromatic N) is 3. The zero-order chi connectivity index (χ0) is 11.5. The standard InChI is InChI=1S/C11H12BrN3S/c1-3-9(12)11-15-14-10(16-11)8-4-5-13-7(2)6-8/h4-6,9H,3H2,1-2H3. The highest BCUT2D eigenvalue weighted by Gasteiger charge is 2.12. The van der Waals surface area contributed by atoms with E-state index in [-0.39, 0.29) is 0 Å². The first-order chi connectivity index (χ1) is 7.70. The zero-order valence-corrected chi connectivity index (χ0v) is 11.5. The average Bonchev–Trinajstić information content (AvgIpc) is 2.77. The lowest BCUT2D eigenvalue weighted by Crippen LogP contribution is -1.85. The molecule has 0 amide bonds. The summed E-state index contributed by atoms with van der Waals surface area (Å²) in [5.41, 5.74) is 2.09. The third-order valence-corrected chi connectivity index (χ3v) is 4.68. The molecule has 0 saturated carbocycles. The molecule has 2 aromatic heterocycles. The van der Waals surface area contributed by atoms with E-state index < -0.39 is 0 Å². The Morgan fingerprint density at radius 3 is 2.94 bits per heavy atom. The largest absolute Gasteiger partial charge is 0.262 e. The molecule has 0 fully saturated rings. The van der Waals surface area contributed by atoms with Gasteiger partial charge in [-0.25, -0.2) is 0 Å². The predicted molar refractivity (Wildman–Crippen MR) is 69.8 cm³/mol. The fourth-order valence-electron chi connectivity index (χ4n) is 1.33. The Balaban J connectivity index is 2.31. The van der Waals surface area contributed by atoms with Crippen LogP contribution in [0.1, 0.15) is 28.9 Å². The monoisotopic (exact) mass is 297 g/mol. The average molecular weight is 298 g/mol. The summed E-state index contributed by atoms with van der Waals surface area (Å²) in [5.74, 6) is 0. The van der Waals surface area contributed by atoms with Gasteiger partial charge in [0, 0.05) is 17.5 Å². The highest BCUT2D eigenvalue weighted by molar-refractivity contribution is 9.09. The van der Waals surface area contributed by atoms with E-state index in [0.29, 0.717) is 4.83 Å². The minimum Gasteiger partial charge on any atom is -0.262 e. The van der Waals surface area contributed by atoms with Gasteiger partial charge in [-0.2, -0.15) is 0 Å². The van der Waals surface area contributed by atoms with Crippen LogP contribution >= 0.6 is 27.3 Å². The van der Waals surface area contributed by atoms with Crippen molar-refractivity contribution in [2.75, 3.05) is 0 Å². The van der Waals surface area contributed by atoms with E-state index in [2.05, 4.69) is 38.0 Å². The van der Waals surface area contributed by atoms with Gasteiger partial charge < -0.3 is 0 Å². The van der Waals surface area contributed by atoms with Crippen LogP contribution in [0.4, 0.5) is 0 Å². The molecule has 84 valence electrons. The molecule has 0 N–H and O–H groups in total. The van der Waals surface area contributed by atoms with Crippen molar-refractivity contribution in [1.29, 1.82) is 0 Å². The van der Waals surface area contributed by atoms with Crippen molar-refractivity contribution in [1.82, 2.24) is 15.2 Å². The SMILES string of the molecule is CCC(Br)c1nnc(-c2ccnc(C)c2)s1. The smallest absolute Gasteiger partial charge is 0.147 e. The van der Waals surface area contributed by atoms with E-state index in [1.807, 2.05) is 19.1 Å². The molecule has 0 saturated heterocycles. The van der Waals surface area contributed by atoms with Crippen molar-refractivity contribution in [3.63, 3.8) is 0 Å². The van der Waals surface area contributed by atoms with Gasteiger partial charge in [0.05, 0.1) is 4.83 Å². The molecule has 2 heterocycles. The van der Waals surface area contributed by atoms with Crippen LogP contribution in [-0.4, -0.2) is 15.2 Å². The van der Waals surface area contributed by atoms with E-state index >= 15 is 0 Å². The van der Waals surface area contributed by atoms with E-state index in [4.69, 9.17) is 0 Å². The minimum atomic E-state index is 0.307. The maximum absolute atomic E-state index is 4.21. The first kappa shape index (κ1) is 11.7. The van der Waals surface area contributed by atoms with Crippen LogP contribution in [0, 0.1) is 6.92 Å². The lowest BCUT2D eigenvalue weighted by Gasteiger charge is -1.98. The van der Waals surface area contributed by atoms with Gasteiger partial charge in [-0.05, 0) is 25.5 Å². The number of hydrogen-bond acceptors (Lipinski definition) is 4. The summed E-state index contributed by atoms with van der Waals surface area (Å²) in [6.45, 7) is 4.10. The molecule has 2 rings (SSSR count). The second-order valence-electron chi connectivity index (χ2n) is 3.51. The van der Waals surface area contributed by atoms with Gasteiger partial charge in [-0.1, -0.05) is 34.2 Å². The van der Waals surface area contributed by atoms with Gasteiger partial charge in [0.15, 0.2) is 0 Å². The Labute approximate surface area is 107 Å². The Morgan fingerprint density at radius 2 is 2.25 bits per heavy atom. The predicted octanol–water partition coefficient (Wildman–Crippen LogP) is 3.75. The van der Waals surface area contributed by atoms with E-state index in [9.17, 15) is 0 Å². The maximum Gasteiger partial charge on any atom is 0.147 e. The fraction of sp³-hybridized carbons (Fsp3) is 0.364. The third kappa shape index (κ3) is 2.47. The summed E-state index contributed by atoms with van der Waals surface area (Å²) >= 11 is 5.21. The number of hydrogen-bond donors (Lipinski definition) is 0. The first-order valence-corrected chi connectivity index (χ1v) is 6.84. The van der Waals surface area contributed by atoms with Crippen molar-refractivity contribution >= 4 is 27.3 Å². The summed E-state index contributed by atoms with van der Waals surface area (Å²) in [6.07, 6.45) is 2.82. The molecule has 16 heavy (non-hydrogen) atoms. The maximum atomic E-state index is 4.21. The second kappa shape index (κ2) is 5.01. The van der Waals surface area contributed by atoms with E-state index in [1.165, 1.54) is 0 Å². The zero-order valence-electron chi connectivity index (χ0n) is 9.14. The molecule has 0 aliphatic rings. The van der Waals surface area contributed by atoms with E-state index in [1.54, 1.807) is 17.5 Å². The Hall–Kier alpha value is -0.810. The van der Waals surface area contributed by atoms with Gasteiger partial charge in [-0.15, -0.1) is 10.2 Å². The van der Waals surface area contributed by atoms with Gasteiger partial charge in [-0.3, -0.25) is 4.98 Å². The molecule has 0 bridgehead atoms. The summed E-state index contributed by atoms with van der Waals surface area (Å²) in [6, 6.07) is 3.99. The lowest BCUT2D eigenvalue weighted by molar-refractivity contribution is 0.870. The molecule has 3 nitrogen and oxygen atoms in total. The normalized spacial score (nSPS) is 12.7. The number of pyridine rings is 1. The topological polar surface area (TPSA) is 38.7 Å². The van der Waals surface area contributed by atoms with Crippen LogP contribution in [0.3, 0.4) is 0 Å². The van der Waals surface area contributed by atoms with Crippen molar-refractivity contribution in [2.45, 2.75) is 25.1 Å². The number of rotatable bonds is 3. The summed E-state index contributed by atoms with van der Waals surface area (Å²) in [5, 5.41) is 10.4. The molecule has 0 radical (unpaired) electrons. The molecule has 5 heteroatoms. The van der Waals surface area contributed by atoms with Gasteiger partial charge in [0.2, 0.25) is 0 Å². The van der Waals surface area contributed by atoms with Crippen LogP contribution in [0.5, 0.6) is 0 Å². The van der Waals surface area contributed by atoms with E-state index in [0.717, 1.165) is 27.7 Å². The molecular weight excluding hydrogens is 286 g/mol. The molecule has 0 spiro atoms. The van der Waals surface area contributed by atoms with Crippen LogP contribution < -0.4 is 0 Å². The Bertz CT molecular complexity index is 484. The lowest BCUT2D eigenvalue weighted by atomic mass is 10.2. The molecule has 0 aromatic carbocycles. The summed E-state index contributed by atoms with van der Waals surface area (Å²) in [7, 11) is 0. The number of halogens is 1. The molecule has 0 aliphatic carbocycles. The van der Waals surface area contributed by atoms with Crippen LogP contribution in [-0.2, 0) is 0 Å². The van der Waals surface area contributed by atoms with Crippen molar-refractivity contribution < 1.29 is 0 Å². The second-order valence-corrected chi connectivity index (χ2v) is 5.62. The van der Waals surface area contributed by atoms with Crippen molar-refractivity contribution in [3.8, 4) is 10.6 Å². The molecule has 2 aromatic rings. The Kier molecular flexibility index (Phi) is 3.66. The number of alkyl halides is 1. The summed E-state index contributed by atoms with van der Waals surface area (Å²) in [4.78, 5) is 4.48. The molecule has 1 unspecified atom stereocenters. The fourth-order valence-corrected chi connectivity index (χ4v) is 2.60. The molecular formula is C11H12BrN3S. The van der Waals surface area contributed by atoms with Crippen LogP contribution in [0.25, 0.3) is 10.6 Å². The number of aromatic nitrogens is 3. The van der Waals surface area contributed by atoms with Crippen molar-refractivity contribution in [3.05, 3.63) is 29.0 Å². The highest BCUT2D eigenvalue weighted by atomic mass is 79.9. The molecule has 0 aliphatic heterocycles. The molecule has 1 atom stereocenters. The van der Waals surface area contributed by atoms with Crippen LogP contribution in [0.2, 0.25) is 0 Å².